The Kier molecular flexibility index (Phi) is 4.72. The quantitative estimate of drug-likeness (QED) is 0.903. The average molecular weight is 332 g/mol. The van der Waals surface area contributed by atoms with Crippen molar-refractivity contribution < 1.29 is 18.3 Å². The Labute approximate surface area is 129 Å². The van der Waals surface area contributed by atoms with Crippen molar-refractivity contribution in [2.45, 2.75) is 30.7 Å². The number of thiophene rings is 1. The zero-order valence-corrected chi connectivity index (χ0v) is 14.0. The lowest BCUT2D eigenvalue weighted by atomic mass is 10.1. The summed E-state index contributed by atoms with van der Waals surface area (Å²) in [4.78, 5) is 13.1. The molecule has 1 aliphatic rings. The van der Waals surface area contributed by atoms with E-state index < -0.39 is 16.0 Å². The third-order valence-electron chi connectivity index (χ3n) is 3.80. The molecule has 6 nitrogen and oxygen atoms in total. The second-order valence-corrected chi connectivity index (χ2v) is 8.26. The van der Waals surface area contributed by atoms with Crippen LogP contribution in [0.15, 0.2) is 10.3 Å². The van der Waals surface area contributed by atoms with E-state index in [1.165, 1.54) is 4.31 Å². The van der Waals surface area contributed by atoms with Gasteiger partial charge < -0.3 is 10.0 Å². The molecule has 21 heavy (non-hydrogen) atoms. The first-order chi connectivity index (χ1) is 9.75. The Bertz CT molecular complexity index is 637. The normalized spacial score (nSPS) is 20.9. The number of likely N-dealkylation sites (N-methyl/N-ethyl adjacent to an activating group) is 1. The Balaban J connectivity index is 2.38. The predicted molar refractivity (Wildman–Crippen MR) is 81.5 cm³/mol. The minimum Gasteiger partial charge on any atom is -0.477 e. The fourth-order valence-corrected chi connectivity index (χ4v) is 5.69. The number of rotatable bonds is 4. The number of carbonyl (C=O) groups is 1. The molecule has 1 aromatic heterocycles. The zero-order valence-electron chi connectivity index (χ0n) is 12.4. The van der Waals surface area contributed by atoms with Crippen LogP contribution in [0.4, 0.5) is 0 Å². The lowest BCUT2D eigenvalue weighted by Crippen LogP contribution is -2.47. The van der Waals surface area contributed by atoms with Crippen LogP contribution in [0.3, 0.4) is 0 Å². The lowest BCUT2D eigenvalue weighted by molar-refractivity contribution is 0.0698. The van der Waals surface area contributed by atoms with Gasteiger partial charge in [0.1, 0.15) is 9.77 Å². The molecule has 1 aliphatic heterocycles. The average Bonchev–Trinajstić information content (AvgIpc) is 2.81. The van der Waals surface area contributed by atoms with E-state index in [2.05, 4.69) is 0 Å². The van der Waals surface area contributed by atoms with E-state index in [1.807, 2.05) is 19.0 Å². The molecule has 1 N–H and O–H groups in total. The van der Waals surface area contributed by atoms with Crippen molar-refractivity contribution in [2.24, 2.45) is 0 Å². The van der Waals surface area contributed by atoms with E-state index in [0.29, 0.717) is 18.7 Å². The summed E-state index contributed by atoms with van der Waals surface area (Å²) in [5.41, 5.74) is 0.504. The Morgan fingerprint density at radius 1 is 1.48 bits per heavy atom. The number of aromatic carboxylic acids is 1. The van der Waals surface area contributed by atoms with Crippen LogP contribution in [0.2, 0.25) is 0 Å². The standard InChI is InChI=1S/C13H20N2O4S2/c1-9-8-20-11(13(16)17)12(9)21(18,19)15-6-4-5-10(7-15)14(2)3/h8,10H,4-7H2,1-3H3,(H,16,17). The summed E-state index contributed by atoms with van der Waals surface area (Å²) in [6.07, 6.45) is 1.74. The van der Waals surface area contributed by atoms with Gasteiger partial charge >= 0.3 is 5.97 Å². The first-order valence-corrected chi connectivity index (χ1v) is 9.05. The Hall–Kier alpha value is -0.960. The molecule has 118 valence electrons. The molecular formula is C13H20N2O4S2. The van der Waals surface area contributed by atoms with E-state index in [0.717, 1.165) is 24.2 Å². The maximum absolute atomic E-state index is 12.8. The van der Waals surface area contributed by atoms with Gasteiger partial charge in [0.2, 0.25) is 10.0 Å². The number of hydrogen-bond acceptors (Lipinski definition) is 5. The van der Waals surface area contributed by atoms with Gasteiger partial charge in [0.15, 0.2) is 0 Å². The van der Waals surface area contributed by atoms with Crippen LogP contribution in [-0.4, -0.2) is 61.9 Å². The van der Waals surface area contributed by atoms with Gasteiger partial charge in [-0.3, -0.25) is 0 Å². The van der Waals surface area contributed by atoms with Crippen molar-refractivity contribution in [3.8, 4) is 0 Å². The fourth-order valence-electron chi connectivity index (χ4n) is 2.59. The molecule has 0 aliphatic carbocycles. The van der Waals surface area contributed by atoms with Crippen LogP contribution in [-0.2, 0) is 10.0 Å². The third kappa shape index (κ3) is 3.13. The number of sulfonamides is 1. The van der Waals surface area contributed by atoms with Crippen LogP contribution >= 0.6 is 11.3 Å². The summed E-state index contributed by atoms with van der Waals surface area (Å²) in [5.74, 6) is -1.19. The summed E-state index contributed by atoms with van der Waals surface area (Å²) >= 11 is 0.966. The van der Waals surface area contributed by atoms with Crippen molar-refractivity contribution >= 4 is 27.3 Å². The highest BCUT2D eigenvalue weighted by Gasteiger charge is 2.35. The van der Waals surface area contributed by atoms with E-state index >= 15 is 0 Å². The molecule has 1 atom stereocenters. The molecule has 0 aromatic carbocycles. The second kappa shape index (κ2) is 6.04. The van der Waals surface area contributed by atoms with Crippen molar-refractivity contribution in [1.29, 1.82) is 0 Å². The summed E-state index contributed by atoms with van der Waals surface area (Å²) < 4.78 is 27.0. The molecule has 0 bridgehead atoms. The van der Waals surface area contributed by atoms with Gasteiger partial charge in [-0.2, -0.15) is 4.31 Å². The largest absolute Gasteiger partial charge is 0.477 e. The number of aryl methyl sites for hydroxylation is 1. The maximum Gasteiger partial charge on any atom is 0.347 e. The predicted octanol–water partition coefficient (Wildman–Crippen LogP) is 1.47. The monoisotopic (exact) mass is 332 g/mol. The number of hydrogen-bond donors (Lipinski definition) is 1. The highest BCUT2D eigenvalue weighted by Crippen LogP contribution is 2.31. The van der Waals surface area contributed by atoms with Crippen LogP contribution < -0.4 is 0 Å². The first-order valence-electron chi connectivity index (χ1n) is 6.73. The molecule has 8 heteroatoms. The summed E-state index contributed by atoms with van der Waals surface area (Å²) in [7, 11) is 0.105. The SMILES string of the molecule is Cc1csc(C(=O)O)c1S(=O)(=O)N1CCCC(N(C)C)C1. The maximum atomic E-state index is 12.8. The van der Waals surface area contributed by atoms with Gasteiger partial charge in [0, 0.05) is 19.1 Å². The first kappa shape index (κ1) is 16.4. The van der Waals surface area contributed by atoms with Gasteiger partial charge in [-0.1, -0.05) is 0 Å². The summed E-state index contributed by atoms with van der Waals surface area (Å²) in [6, 6.07) is 0.167. The van der Waals surface area contributed by atoms with E-state index in [-0.39, 0.29) is 15.8 Å². The Morgan fingerprint density at radius 3 is 2.71 bits per heavy atom. The highest BCUT2D eigenvalue weighted by atomic mass is 32.2. The van der Waals surface area contributed by atoms with Gasteiger partial charge in [-0.15, -0.1) is 11.3 Å². The second-order valence-electron chi connectivity index (χ2n) is 5.50. The summed E-state index contributed by atoms with van der Waals surface area (Å²) in [6.45, 7) is 2.49. The third-order valence-corrected chi connectivity index (χ3v) is 7.07. The van der Waals surface area contributed by atoms with Crippen molar-refractivity contribution in [3.63, 3.8) is 0 Å². The lowest BCUT2D eigenvalue weighted by Gasteiger charge is -2.35. The van der Waals surface area contributed by atoms with Crippen molar-refractivity contribution in [2.75, 3.05) is 27.2 Å². The molecule has 2 rings (SSSR count). The van der Waals surface area contributed by atoms with Crippen LogP contribution in [0, 0.1) is 6.92 Å². The smallest absolute Gasteiger partial charge is 0.347 e. The zero-order chi connectivity index (χ0) is 15.8. The Morgan fingerprint density at radius 2 is 2.14 bits per heavy atom. The van der Waals surface area contributed by atoms with E-state index in [9.17, 15) is 18.3 Å². The van der Waals surface area contributed by atoms with Gasteiger partial charge in [-0.25, -0.2) is 13.2 Å². The van der Waals surface area contributed by atoms with Crippen LogP contribution in [0.1, 0.15) is 28.1 Å². The number of carboxylic acid groups (broad SMARTS) is 1. The number of carboxylic acids is 1. The van der Waals surface area contributed by atoms with E-state index in [1.54, 1.807) is 12.3 Å². The van der Waals surface area contributed by atoms with Crippen LogP contribution in [0.25, 0.3) is 0 Å². The van der Waals surface area contributed by atoms with E-state index in [4.69, 9.17) is 0 Å². The molecular weight excluding hydrogens is 312 g/mol. The minimum absolute atomic E-state index is 0.0422. The molecule has 2 heterocycles. The molecule has 0 amide bonds. The topological polar surface area (TPSA) is 77.9 Å². The van der Waals surface area contributed by atoms with Crippen molar-refractivity contribution in [3.05, 3.63) is 15.8 Å². The van der Waals surface area contributed by atoms with Crippen LogP contribution in [0.5, 0.6) is 0 Å². The van der Waals surface area contributed by atoms with Gasteiger partial charge in [0.05, 0.1) is 0 Å². The molecule has 1 aromatic rings. The molecule has 1 saturated heterocycles. The molecule has 1 fully saturated rings. The molecule has 1 unspecified atom stereocenters. The highest BCUT2D eigenvalue weighted by molar-refractivity contribution is 7.89. The van der Waals surface area contributed by atoms with Gasteiger partial charge in [0.25, 0.3) is 0 Å². The summed E-state index contributed by atoms with van der Waals surface area (Å²) in [5, 5.41) is 10.8. The molecule has 0 radical (unpaired) electrons. The molecule has 0 spiro atoms. The molecule has 0 saturated carbocycles. The van der Waals surface area contributed by atoms with Crippen molar-refractivity contribution in [1.82, 2.24) is 9.21 Å². The number of nitrogens with zero attached hydrogens (tertiary/aromatic N) is 2. The minimum atomic E-state index is -3.76. The van der Waals surface area contributed by atoms with Gasteiger partial charge in [-0.05, 0) is 44.8 Å². The fraction of sp³-hybridized carbons (Fsp3) is 0.615. The number of piperidine rings is 1.